The third-order valence-electron chi connectivity index (χ3n) is 4.40. The van der Waals surface area contributed by atoms with Crippen molar-refractivity contribution >= 4 is 40.6 Å². The van der Waals surface area contributed by atoms with Crippen molar-refractivity contribution in [1.82, 2.24) is 5.32 Å². The average molecular weight is 403 g/mol. The Bertz CT molecular complexity index is 929. The zero-order chi connectivity index (χ0) is 19.6. The number of carbonyl (C=O) groups excluding carboxylic acids is 1. The molecule has 0 saturated heterocycles. The lowest BCUT2D eigenvalue weighted by atomic mass is 9.95. The van der Waals surface area contributed by atoms with Crippen LogP contribution < -0.4 is 15.0 Å². The van der Waals surface area contributed by atoms with Crippen LogP contribution in [0.15, 0.2) is 59.8 Å². The Hall–Kier alpha value is -2.57. The molecule has 2 aromatic rings. The number of para-hydroxylation sites is 2. The zero-order valence-corrected chi connectivity index (χ0v) is 16.7. The second kappa shape index (κ2) is 7.98. The van der Waals surface area contributed by atoms with Gasteiger partial charge in [0.1, 0.15) is 5.75 Å². The molecule has 1 atom stereocenters. The predicted octanol–water partition coefficient (Wildman–Crippen LogP) is 4.23. The summed E-state index contributed by atoms with van der Waals surface area (Å²) in [6.07, 6.45) is 0. The molecule has 0 bridgehead atoms. The van der Waals surface area contributed by atoms with Crippen LogP contribution in [0.1, 0.15) is 18.5 Å². The van der Waals surface area contributed by atoms with Gasteiger partial charge in [-0.3, -0.25) is 4.90 Å². The van der Waals surface area contributed by atoms with Crippen LogP contribution in [-0.4, -0.2) is 25.3 Å². The molecule has 0 fully saturated rings. The summed E-state index contributed by atoms with van der Waals surface area (Å²) in [5.41, 5.74) is 2.68. The van der Waals surface area contributed by atoms with Gasteiger partial charge in [0.2, 0.25) is 0 Å². The van der Waals surface area contributed by atoms with E-state index in [9.17, 15) is 4.79 Å². The van der Waals surface area contributed by atoms with Gasteiger partial charge in [-0.25, -0.2) is 4.79 Å². The van der Waals surface area contributed by atoms with Crippen molar-refractivity contribution in [3.05, 3.63) is 70.4 Å². The number of hydrogen-bond acceptors (Lipinski definition) is 4. The number of methoxy groups -OCH3 is 2. The molecule has 1 aliphatic heterocycles. The fourth-order valence-electron chi connectivity index (χ4n) is 3.16. The first-order valence-corrected chi connectivity index (χ1v) is 9.04. The van der Waals surface area contributed by atoms with Crippen molar-refractivity contribution in [1.29, 1.82) is 0 Å². The van der Waals surface area contributed by atoms with Crippen LogP contribution in [0.25, 0.3) is 0 Å². The normalized spacial score (nSPS) is 16.8. The first-order valence-electron chi connectivity index (χ1n) is 8.26. The Kier molecular flexibility index (Phi) is 5.68. The summed E-state index contributed by atoms with van der Waals surface area (Å²) in [6, 6.07) is 14.3. The molecule has 0 amide bonds. The lowest BCUT2D eigenvalue weighted by Gasteiger charge is -2.37. The Balaban J connectivity index is 2.18. The van der Waals surface area contributed by atoms with E-state index in [-0.39, 0.29) is 0 Å². The lowest BCUT2D eigenvalue weighted by molar-refractivity contribution is -0.136. The fraction of sp³-hybridized carbons (Fsp3) is 0.200. The van der Waals surface area contributed by atoms with Gasteiger partial charge in [-0.05, 0) is 49.0 Å². The highest BCUT2D eigenvalue weighted by Crippen LogP contribution is 2.38. The number of hydrogen-bond donors (Lipinski definition) is 1. The minimum absolute atomic E-state index is 0.438. The molecule has 0 radical (unpaired) electrons. The van der Waals surface area contributed by atoms with E-state index in [0.717, 1.165) is 11.3 Å². The number of esters is 1. The third-order valence-corrected chi connectivity index (χ3v) is 4.93. The molecule has 2 aromatic carbocycles. The monoisotopic (exact) mass is 402 g/mol. The Morgan fingerprint density at radius 1 is 1.19 bits per heavy atom. The van der Waals surface area contributed by atoms with Crippen molar-refractivity contribution in [2.24, 2.45) is 0 Å². The average Bonchev–Trinajstić information content (AvgIpc) is 2.67. The number of halogens is 1. The fourth-order valence-corrected chi connectivity index (χ4v) is 3.71. The van der Waals surface area contributed by atoms with Gasteiger partial charge in [0, 0.05) is 10.7 Å². The molecule has 0 spiro atoms. The summed E-state index contributed by atoms with van der Waals surface area (Å²) in [6.45, 7) is 1.84. The van der Waals surface area contributed by atoms with Gasteiger partial charge in [0.05, 0.1) is 31.5 Å². The second-order valence-corrected chi connectivity index (χ2v) is 6.76. The summed E-state index contributed by atoms with van der Waals surface area (Å²) in [5, 5.41) is 4.27. The smallest absolute Gasteiger partial charge is 0.337 e. The second-order valence-electron chi connectivity index (χ2n) is 5.94. The zero-order valence-electron chi connectivity index (χ0n) is 15.2. The van der Waals surface area contributed by atoms with E-state index in [1.807, 2.05) is 43.3 Å². The Morgan fingerprint density at radius 3 is 2.59 bits per heavy atom. The molecule has 7 heteroatoms. The van der Waals surface area contributed by atoms with Gasteiger partial charge in [-0.15, -0.1) is 0 Å². The molecule has 140 valence electrons. The maximum absolute atomic E-state index is 12.6. The molecule has 27 heavy (non-hydrogen) atoms. The number of benzene rings is 2. The van der Waals surface area contributed by atoms with Crippen molar-refractivity contribution in [2.45, 2.75) is 13.0 Å². The highest BCUT2D eigenvalue weighted by atomic mass is 35.5. The standard InChI is InChI=1S/C20H19ClN2O3S/c1-12-17(19(24)26-3)18(13-7-6-8-14(21)11-13)22-20(27)23(12)15-9-4-5-10-16(15)25-2/h4-11,18H,1-3H3,(H,22,27)/t18-/m1/s1. The number of anilines is 1. The van der Waals surface area contributed by atoms with Crippen LogP contribution in [0, 0.1) is 0 Å². The van der Waals surface area contributed by atoms with E-state index in [0.29, 0.717) is 27.2 Å². The number of nitrogens with zero attached hydrogens (tertiary/aromatic N) is 1. The molecular formula is C20H19ClN2O3S. The molecule has 3 rings (SSSR count). The molecule has 0 aromatic heterocycles. The van der Waals surface area contributed by atoms with Crippen molar-refractivity contribution in [3.63, 3.8) is 0 Å². The molecule has 0 saturated carbocycles. The van der Waals surface area contributed by atoms with E-state index in [1.54, 1.807) is 24.1 Å². The van der Waals surface area contributed by atoms with Crippen LogP contribution in [0.3, 0.4) is 0 Å². The first-order chi connectivity index (χ1) is 13.0. The number of nitrogens with one attached hydrogen (secondary N) is 1. The number of allylic oxidation sites excluding steroid dienone is 1. The number of rotatable bonds is 4. The van der Waals surface area contributed by atoms with Gasteiger partial charge >= 0.3 is 5.97 Å². The minimum atomic E-state index is -0.463. The summed E-state index contributed by atoms with van der Waals surface area (Å²) in [5.74, 6) is 0.207. The molecule has 1 N–H and O–H groups in total. The van der Waals surface area contributed by atoms with Crippen LogP contribution in [0.4, 0.5) is 5.69 Å². The van der Waals surface area contributed by atoms with Crippen LogP contribution in [0.5, 0.6) is 5.75 Å². The highest BCUT2D eigenvalue weighted by molar-refractivity contribution is 7.80. The van der Waals surface area contributed by atoms with Crippen LogP contribution >= 0.6 is 23.8 Å². The maximum Gasteiger partial charge on any atom is 0.337 e. The van der Waals surface area contributed by atoms with E-state index >= 15 is 0 Å². The first kappa shape index (κ1) is 19.2. The minimum Gasteiger partial charge on any atom is -0.495 e. The molecule has 1 heterocycles. The molecular weight excluding hydrogens is 384 g/mol. The molecule has 0 unspecified atom stereocenters. The van der Waals surface area contributed by atoms with E-state index < -0.39 is 12.0 Å². The Labute approximate surface area is 168 Å². The van der Waals surface area contributed by atoms with Crippen LogP contribution in [0.2, 0.25) is 5.02 Å². The van der Waals surface area contributed by atoms with E-state index in [2.05, 4.69) is 5.32 Å². The summed E-state index contributed by atoms with van der Waals surface area (Å²) >= 11 is 11.8. The van der Waals surface area contributed by atoms with Gasteiger partial charge in [-0.2, -0.15) is 0 Å². The van der Waals surface area contributed by atoms with Crippen molar-refractivity contribution < 1.29 is 14.3 Å². The summed E-state index contributed by atoms with van der Waals surface area (Å²) < 4.78 is 10.5. The number of thiocarbonyl (C=S) groups is 1. The van der Waals surface area contributed by atoms with Gasteiger partial charge in [-0.1, -0.05) is 35.9 Å². The van der Waals surface area contributed by atoms with E-state index in [4.69, 9.17) is 33.3 Å². The SMILES string of the molecule is COC(=O)C1=C(C)N(c2ccccc2OC)C(=S)N[C@@H]1c1cccc(Cl)c1. The highest BCUT2D eigenvalue weighted by Gasteiger charge is 2.36. The van der Waals surface area contributed by atoms with E-state index in [1.165, 1.54) is 7.11 Å². The van der Waals surface area contributed by atoms with Gasteiger partial charge < -0.3 is 14.8 Å². The van der Waals surface area contributed by atoms with Gasteiger partial charge in [0.25, 0.3) is 0 Å². The number of carbonyl (C=O) groups is 1. The van der Waals surface area contributed by atoms with Crippen molar-refractivity contribution in [3.8, 4) is 5.75 Å². The van der Waals surface area contributed by atoms with Crippen LogP contribution in [-0.2, 0) is 9.53 Å². The molecule has 1 aliphatic rings. The summed E-state index contributed by atoms with van der Waals surface area (Å²) in [7, 11) is 2.95. The predicted molar refractivity (Wildman–Crippen MR) is 110 cm³/mol. The lowest BCUT2D eigenvalue weighted by Crippen LogP contribution is -2.48. The topological polar surface area (TPSA) is 50.8 Å². The third kappa shape index (κ3) is 3.63. The maximum atomic E-state index is 12.6. The van der Waals surface area contributed by atoms with Gasteiger partial charge in [0.15, 0.2) is 5.11 Å². The number of ether oxygens (including phenoxy) is 2. The molecule has 0 aliphatic carbocycles. The molecule has 5 nitrogen and oxygen atoms in total. The Morgan fingerprint density at radius 2 is 1.93 bits per heavy atom. The summed E-state index contributed by atoms with van der Waals surface area (Å²) in [4.78, 5) is 14.4. The largest absolute Gasteiger partial charge is 0.495 e. The van der Waals surface area contributed by atoms with Crippen molar-refractivity contribution in [2.75, 3.05) is 19.1 Å². The quantitative estimate of drug-likeness (QED) is 0.610.